The molecule has 4 aromatic carbocycles. The van der Waals surface area contributed by atoms with Crippen molar-refractivity contribution in [3.05, 3.63) is 131 Å². The Labute approximate surface area is 223 Å². The number of aryl methyl sites for hydroxylation is 1. The second-order valence-corrected chi connectivity index (χ2v) is 9.55. The van der Waals surface area contributed by atoms with Gasteiger partial charge in [-0.1, -0.05) is 72.3 Å². The van der Waals surface area contributed by atoms with Crippen molar-refractivity contribution < 1.29 is 14.0 Å². The number of carbonyl (C=O) groups is 2. The number of carbonyl (C=O) groups excluding carboxylic acids is 2. The SMILES string of the molecule is Cc1ccc([C@@H](C(=O)Nc2ccc(N(C)C)cc2)N(Cc2ccc(F)cc2)C(=O)Cc2ccccc2)cc1. The van der Waals surface area contributed by atoms with Crippen LogP contribution in [0.5, 0.6) is 0 Å². The zero-order chi connectivity index (χ0) is 27.1. The standard InChI is InChI=1S/C32H32FN3O2/c1-23-9-13-26(14-10-23)31(32(38)34-28-17-19-29(20-18-28)35(2)3)36(22-25-11-15-27(33)16-12-25)30(37)21-24-7-5-4-6-8-24/h4-20,31H,21-22H2,1-3H3,(H,34,38)/t31-/m0/s1. The largest absolute Gasteiger partial charge is 0.378 e. The monoisotopic (exact) mass is 509 g/mol. The van der Waals surface area contributed by atoms with E-state index in [0.29, 0.717) is 11.3 Å². The first kappa shape index (κ1) is 26.6. The van der Waals surface area contributed by atoms with Gasteiger partial charge in [-0.3, -0.25) is 9.59 Å². The minimum absolute atomic E-state index is 0.134. The first-order chi connectivity index (χ1) is 18.3. The smallest absolute Gasteiger partial charge is 0.251 e. The van der Waals surface area contributed by atoms with Crippen LogP contribution in [0.25, 0.3) is 0 Å². The molecule has 38 heavy (non-hydrogen) atoms. The summed E-state index contributed by atoms with van der Waals surface area (Å²) in [6.07, 6.45) is 0.134. The number of nitrogens with zero attached hydrogens (tertiary/aromatic N) is 2. The molecule has 4 rings (SSSR count). The molecule has 0 radical (unpaired) electrons. The summed E-state index contributed by atoms with van der Waals surface area (Å²) in [5.41, 5.74) is 4.97. The molecule has 194 valence electrons. The Kier molecular flexibility index (Phi) is 8.54. The van der Waals surface area contributed by atoms with Crippen molar-refractivity contribution in [2.24, 2.45) is 0 Å². The summed E-state index contributed by atoms with van der Waals surface area (Å²) in [6, 6.07) is 29.7. The topological polar surface area (TPSA) is 52.7 Å². The predicted octanol–water partition coefficient (Wildman–Crippen LogP) is 6.15. The Morgan fingerprint density at radius 3 is 2.03 bits per heavy atom. The lowest BCUT2D eigenvalue weighted by atomic mass is 10.00. The predicted molar refractivity (Wildman–Crippen MR) is 150 cm³/mol. The number of hydrogen-bond donors (Lipinski definition) is 1. The van der Waals surface area contributed by atoms with Crippen LogP contribution < -0.4 is 10.2 Å². The molecule has 0 aliphatic rings. The molecule has 6 heteroatoms. The van der Waals surface area contributed by atoms with Crippen molar-refractivity contribution in [3.63, 3.8) is 0 Å². The number of rotatable bonds is 9. The van der Waals surface area contributed by atoms with Crippen LogP contribution in [-0.4, -0.2) is 30.8 Å². The fraction of sp³-hybridized carbons (Fsp3) is 0.188. The average Bonchev–Trinajstić information content (AvgIpc) is 2.91. The van der Waals surface area contributed by atoms with E-state index < -0.39 is 6.04 Å². The minimum Gasteiger partial charge on any atom is -0.378 e. The van der Waals surface area contributed by atoms with Gasteiger partial charge in [-0.2, -0.15) is 0 Å². The van der Waals surface area contributed by atoms with E-state index in [-0.39, 0.29) is 30.6 Å². The summed E-state index contributed by atoms with van der Waals surface area (Å²) in [5.74, 6) is -0.885. The highest BCUT2D eigenvalue weighted by molar-refractivity contribution is 5.98. The first-order valence-electron chi connectivity index (χ1n) is 12.5. The van der Waals surface area contributed by atoms with Crippen molar-refractivity contribution in [2.45, 2.75) is 25.9 Å². The van der Waals surface area contributed by atoms with Gasteiger partial charge in [0.2, 0.25) is 5.91 Å². The molecule has 1 atom stereocenters. The van der Waals surface area contributed by atoms with Gasteiger partial charge < -0.3 is 15.1 Å². The van der Waals surface area contributed by atoms with E-state index in [1.807, 2.05) is 105 Å². The second-order valence-electron chi connectivity index (χ2n) is 9.55. The van der Waals surface area contributed by atoms with E-state index in [9.17, 15) is 14.0 Å². The van der Waals surface area contributed by atoms with Gasteiger partial charge >= 0.3 is 0 Å². The number of benzene rings is 4. The molecule has 0 bridgehead atoms. The Morgan fingerprint density at radius 2 is 1.42 bits per heavy atom. The summed E-state index contributed by atoms with van der Waals surface area (Å²) in [5, 5.41) is 3.00. The van der Waals surface area contributed by atoms with E-state index in [4.69, 9.17) is 0 Å². The third-order valence-corrected chi connectivity index (χ3v) is 6.39. The van der Waals surface area contributed by atoms with Crippen LogP contribution in [0.15, 0.2) is 103 Å². The molecule has 0 aromatic heterocycles. The van der Waals surface area contributed by atoms with E-state index in [1.54, 1.807) is 17.0 Å². The van der Waals surface area contributed by atoms with E-state index in [2.05, 4.69) is 5.32 Å². The highest BCUT2D eigenvalue weighted by atomic mass is 19.1. The van der Waals surface area contributed by atoms with Gasteiger partial charge in [-0.25, -0.2) is 4.39 Å². The molecule has 0 aliphatic heterocycles. The molecule has 0 aliphatic carbocycles. The molecule has 4 aromatic rings. The Morgan fingerprint density at radius 1 is 0.789 bits per heavy atom. The van der Waals surface area contributed by atoms with Crippen LogP contribution in [0.2, 0.25) is 0 Å². The number of nitrogens with one attached hydrogen (secondary N) is 1. The quantitative estimate of drug-likeness (QED) is 0.294. The van der Waals surface area contributed by atoms with Crippen molar-refractivity contribution in [2.75, 3.05) is 24.3 Å². The molecule has 0 fully saturated rings. The van der Waals surface area contributed by atoms with E-state index in [1.165, 1.54) is 12.1 Å². The van der Waals surface area contributed by atoms with E-state index in [0.717, 1.165) is 22.4 Å². The Hall–Kier alpha value is -4.45. The highest BCUT2D eigenvalue weighted by Gasteiger charge is 2.32. The summed E-state index contributed by atoms with van der Waals surface area (Å²) in [4.78, 5) is 31.2. The van der Waals surface area contributed by atoms with E-state index >= 15 is 0 Å². The fourth-order valence-corrected chi connectivity index (χ4v) is 4.26. The molecule has 5 nitrogen and oxygen atoms in total. The van der Waals surface area contributed by atoms with Gasteiger partial charge in [0.1, 0.15) is 11.9 Å². The maximum absolute atomic E-state index is 13.9. The van der Waals surface area contributed by atoms with Gasteiger partial charge in [-0.15, -0.1) is 0 Å². The molecule has 0 heterocycles. The number of anilines is 2. The summed E-state index contributed by atoms with van der Waals surface area (Å²) in [7, 11) is 3.90. The van der Waals surface area contributed by atoms with Crippen LogP contribution in [0.4, 0.5) is 15.8 Å². The molecule has 0 saturated heterocycles. The van der Waals surface area contributed by atoms with Gasteiger partial charge in [0, 0.05) is 32.0 Å². The van der Waals surface area contributed by atoms with Gasteiger partial charge in [0.15, 0.2) is 0 Å². The zero-order valence-corrected chi connectivity index (χ0v) is 21.9. The van der Waals surface area contributed by atoms with Crippen LogP contribution in [-0.2, 0) is 22.6 Å². The first-order valence-corrected chi connectivity index (χ1v) is 12.5. The van der Waals surface area contributed by atoms with Crippen LogP contribution in [0.1, 0.15) is 28.3 Å². The zero-order valence-electron chi connectivity index (χ0n) is 21.9. The summed E-state index contributed by atoms with van der Waals surface area (Å²) >= 11 is 0. The summed E-state index contributed by atoms with van der Waals surface area (Å²) < 4.78 is 13.6. The lowest BCUT2D eigenvalue weighted by molar-refractivity contribution is -0.139. The fourth-order valence-electron chi connectivity index (χ4n) is 4.26. The molecule has 0 spiro atoms. The molecular weight excluding hydrogens is 477 g/mol. The number of hydrogen-bond acceptors (Lipinski definition) is 3. The molecule has 1 N–H and O–H groups in total. The molecule has 0 unspecified atom stereocenters. The lowest BCUT2D eigenvalue weighted by Crippen LogP contribution is -2.41. The van der Waals surface area contributed by atoms with Crippen LogP contribution in [0.3, 0.4) is 0 Å². The Balaban J connectivity index is 1.71. The third kappa shape index (κ3) is 6.85. The van der Waals surface area contributed by atoms with Gasteiger partial charge in [-0.05, 0) is 60.0 Å². The van der Waals surface area contributed by atoms with Crippen molar-refractivity contribution in [1.82, 2.24) is 4.90 Å². The molecule has 2 amide bonds. The number of halogens is 1. The maximum atomic E-state index is 13.9. The Bertz CT molecular complexity index is 1350. The van der Waals surface area contributed by atoms with Crippen molar-refractivity contribution >= 4 is 23.2 Å². The average molecular weight is 510 g/mol. The highest BCUT2D eigenvalue weighted by Crippen LogP contribution is 2.27. The normalized spacial score (nSPS) is 11.5. The number of amides is 2. The second kappa shape index (κ2) is 12.2. The molecule has 0 saturated carbocycles. The molecular formula is C32H32FN3O2. The third-order valence-electron chi connectivity index (χ3n) is 6.39. The van der Waals surface area contributed by atoms with Crippen molar-refractivity contribution in [3.8, 4) is 0 Å². The minimum atomic E-state index is -0.898. The van der Waals surface area contributed by atoms with Gasteiger partial charge in [0.25, 0.3) is 5.91 Å². The van der Waals surface area contributed by atoms with Crippen LogP contribution in [0, 0.1) is 12.7 Å². The van der Waals surface area contributed by atoms with Crippen molar-refractivity contribution in [1.29, 1.82) is 0 Å². The summed E-state index contributed by atoms with van der Waals surface area (Å²) in [6.45, 7) is 2.12. The lowest BCUT2D eigenvalue weighted by Gasteiger charge is -2.32. The van der Waals surface area contributed by atoms with Crippen LogP contribution >= 0.6 is 0 Å². The van der Waals surface area contributed by atoms with Gasteiger partial charge in [0.05, 0.1) is 6.42 Å². The maximum Gasteiger partial charge on any atom is 0.251 e.